The molecule has 1 aliphatic rings. The van der Waals surface area contributed by atoms with Crippen LogP contribution in [0.25, 0.3) is 17.0 Å². The quantitative estimate of drug-likeness (QED) is 0.876. The van der Waals surface area contributed by atoms with E-state index < -0.39 is 0 Å². The van der Waals surface area contributed by atoms with Crippen LogP contribution >= 0.6 is 0 Å². The van der Waals surface area contributed by atoms with Gasteiger partial charge in [0.2, 0.25) is 0 Å². The summed E-state index contributed by atoms with van der Waals surface area (Å²) in [4.78, 5) is 4.36. The standard InChI is InChI=1S/C17H20N2/c1-2-13(12-19-16-6-7-16)10-14-5-8-17-15(11-14)4-3-9-18-17/h3-5,8-11,16,19H,2,6-7,12H2,1H3. The lowest BCUT2D eigenvalue weighted by Gasteiger charge is -2.07. The lowest BCUT2D eigenvalue weighted by molar-refractivity contribution is 0.723. The van der Waals surface area contributed by atoms with E-state index in [1.807, 2.05) is 12.3 Å². The predicted octanol–water partition coefficient (Wildman–Crippen LogP) is 3.78. The first-order valence-electron chi connectivity index (χ1n) is 7.13. The van der Waals surface area contributed by atoms with Gasteiger partial charge in [-0.2, -0.15) is 0 Å². The van der Waals surface area contributed by atoms with Gasteiger partial charge < -0.3 is 5.32 Å². The zero-order valence-corrected chi connectivity index (χ0v) is 11.4. The molecule has 19 heavy (non-hydrogen) atoms. The molecule has 0 unspecified atom stereocenters. The fourth-order valence-electron chi connectivity index (χ4n) is 2.26. The summed E-state index contributed by atoms with van der Waals surface area (Å²) >= 11 is 0. The second kappa shape index (κ2) is 5.54. The summed E-state index contributed by atoms with van der Waals surface area (Å²) in [5, 5.41) is 4.79. The summed E-state index contributed by atoms with van der Waals surface area (Å²) in [6.07, 6.45) is 7.94. The van der Waals surface area contributed by atoms with Gasteiger partial charge in [0.25, 0.3) is 0 Å². The summed E-state index contributed by atoms with van der Waals surface area (Å²) in [7, 11) is 0. The molecule has 0 aliphatic heterocycles. The van der Waals surface area contributed by atoms with Crippen LogP contribution in [0.3, 0.4) is 0 Å². The Kier molecular flexibility index (Phi) is 3.60. The van der Waals surface area contributed by atoms with Crippen molar-refractivity contribution in [1.82, 2.24) is 10.3 Å². The van der Waals surface area contributed by atoms with Crippen molar-refractivity contribution in [2.24, 2.45) is 0 Å². The first-order valence-corrected chi connectivity index (χ1v) is 7.13. The maximum absolute atomic E-state index is 4.36. The van der Waals surface area contributed by atoms with E-state index in [1.165, 1.54) is 29.4 Å². The molecule has 0 spiro atoms. The lowest BCUT2D eigenvalue weighted by atomic mass is 10.1. The van der Waals surface area contributed by atoms with Crippen LogP contribution in [-0.4, -0.2) is 17.6 Å². The second-order valence-corrected chi connectivity index (χ2v) is 5.27. The molecule has 1 aromatic heterocycles. The third-order valence-electron chi connectivity index (χ3n) is 3.65. The number of aromatic nitrogens is 1. The van der Waals surface area contributed by atoms with E-state index in [2.05, 4.69) is 47.6 Å². The Morgan fingerprint density at radius 1 is 1.37 bits per heavy atom. The minimum atomic E-state index is 0.774. The van der Waals surface area contributed by atoms with Crippen molar-refractivity contribution < 1.29 is 0 Å². The molecule has 1 aliphatic carbocycles. The van der Waals surface area contributed by atoms with Crippen LogP contribution in [0, 0.1) is 0 Å². The summed E-state index contributed by atoms with van der Waals surface area (Å²) in [6.45, 7) is 3.25. The molecule has 2 heteroatoms. The summed E-state index contributed by atoms with van der Waals surface area (Å²) in [6, 6.07) is 11.4. The molecule has 0 atom stereocenters. The molecule has 1 fully saturated rings. The summed E-state index contributed by atoms with van der Waals surface area (Å²) in [5.74, 6) is 0. The minimum Gasteiger partial charge on any atom is -0.310 e. The fraction of sp³-hybridized carbons (Fsp3) is 0.353. The third-order valence-corrected chi connectivity index (χ3v) is 3.65. The highest BCUT2D eigenvalue weighted by molar-refractivity contribution is 5.81. The van der Waals surface area contributed by atoms with E-state index in [-0.39, 0.29) is 0 Å². The SMILES string of the molecule is CCC(=Cc1ccc2ncccc2c1)CNC1CC1. The van der Waals surface area contributed by atoms with Crippen LogP contribution in [0.1, 0.15) is 31.7 Å². The van der Waals surface area contributed by atoms with Gasteiger partial charge in [0.15, 0.2) is 0 Å². The molecule has 0 bridgehead atoms. The van der Waals surface area contributed by atoms with Crippen molar-refractivity contribution in [2.45, 2.75) is 32.2 Å². The molecule has 2 aromatic rings. The molecule has 1 N–H and O–H groups in total. The van der Waals surface area contributed by atoms with Crippen molar-refractivity contribution in [3.05, 3.63) is 47.7 Å². The van der Waals surface area contributed by atoms with Crippen LogP contribution in [0.15, 0.2) is 42.1 Å². The monoisotopic (exact) mass is 252 g/mol. The van der Waals surface area contributed by atoms with Crippen LogP contribution in [-0.2, 0) is 0 Å². The highest BCUT2D eigenvalue weighted by Crippen LogP contribution is 2.20. The Bertz CT molecular complexity index is 597. The minimum absolute atomic E-state index is 0.774. The van der Waals surface area contributed by atoms with Gasteiger partial charge in [-0.05, 0) is 43.0 Å². The maximum atomic E-state index is 4.36. The van der Waals surface area contributed by atoms with Gasteiger partial charge >= 0.3 is 0 Å². The number of nitrogens with zero attached hydrogens (tertiary/aromatic N) is 1. The Labute approximate surface area is 114 Å². The maximum Gasteiger partial charge on any atom is 0.0702 e. The van der Waals surface area contributed by atoms with Crippen molar-refractivity contribution in [3.63, 3.8) is 0 Å². The average molecular weight is 252 g/mol. The van der Waals surface area contributed by atoms with Gasteiger partial charge in [0.1, 0.15) is 0 Å². The second-order valence-electron chi connectivity index (χ2n) is 5.27. The molecule has 0 amide bonds. The van der Waals surface area contributed by atoms with E-state index in [1.54, 1.807) is 0 Å². The zero-order valence-electron chi connectivity index (χ0n) is 11.4. The van der Waals surface area contributed by atoms with Gasteiger partial charge in [-0.1, -0.05) is 30.7 Å². The van der Waals surface area contributed by atoms with E-state index in [4.69, 9.17) is 0 Å². The van der Waals surface area contributed by atoms with E-state index in [9.17, 15) is 0 Å². The molecule has 1 saturated carbocycles. The Balaban J connectivity index is 1.80. The molecule has 0 saturated heterocycles. The van der Waals surface area contributed by atoms with Crippen molar-refractivity contribution in [1.29, 1.82) is 0 Å². The normalized spacial score (nSPS) is 15.9. The highest BCUT2D eigenvalue weighted by atomic mass is 14.9. The largest absolute Gasteiger partial charge is 0.310 e. The van der Waals surface area contributed by atoms with Crippen LogP contribution in [0.2, 0.25) is 0 Å². The number of rotatable bonds is 5. The Hall–Kier alpha value is -1.67. The number of benzene rings is 1. The summed E-state index contributed by atoms with van der Waals surface area (Å²) < 4.78 is 0. The molecule has 0 radical (unpaired) electrons. The van der Waals surface area contributed by atoms with E-state index >= 15 is 0 Å². The number of nitrogens with one attached hydrogen (secondary N) is 1. The average Bonchev–Trinajstić information content (AvgIpc) is 3.27. The topological polar surface area (TPSA) is 24.9 Å². The Morgan fingerprint density at radius 3 is 3.05 bits per heavy atom. The predicted molar refractivity (Wildman–Crippen MR) is 81.0 cm³/mol. The van der Waals surface area contributed by atoms with E-state index in [0.717, 1.165) is 24.5 Å². The number of fused-ring (bicyclic) bond motifs is 1. The Morgan fingerprint density at radius 2 is 2.26 bits per heavy atom. The van der Waals surface area contributed by atoms with Crippen LogP contribution < -0.4 is 5.32 Å². The number of pyridine rings is 1. The first kappa shape index (κ1) is 12.4. The molecule has 1 aromatic carbocycles. The number of hydrogen-bond donors (Lipinski definition) is 1. The van der Waals surface area contributed by atoms with Gasteiger partial charge in [-0.25, -0.2) is 0 Å². The van der Waals surface area contributed by atoms with Gasteiger partial charge in [0.05, 0.1) is 5.52 Å². The van der Waals surface area contributed by atoms with Crippen LogP contribution in [0.5, 0.6) is 0 Å². The molecule has 3 rings (SSSR count). The molecular formula is C17H20N2. The van der Waals surface area contributed by atoms with Crippen molar-refractivity contribution >= 4 is 17.0 Å². The fourth-order valence-corrected chi connectivity index (χ4v) is 2.26. The molecular weight excluding hydrogens is 232 g/mol. The molecule has 98 valence electrons. The highest BCUT2D eigenvalue weighted by Gasteiger charge is 2.19. The summed E-state index contributed by atoms with van der Waals surface area (Å²) in [5.41, 5.74) is 3.80. The smallest absolute Gasteiger partial charge is 0.0702 e. The van der Waals surface area contributed by atoms with Crippen molar-refractivity contribution in [3.8, 4) is 0 Å². The first-order chi connectivity index (χ1) is 9.35. The van der Waals surface area contributed by atoms with Gasteiger partial charge in [0, 0.05) is 24.2 Å². The van der Waals surface area contributed by atoms with Gasteiger partial charge in [-0.15, -0.1) is 0 Å². The van der Waals surface area contributed by atoms with Crippen molar-refractivity contribution in [2.75, 3.05) is 6.54 Å². The van der Waals surface area contributed by atoms with Gasteiger partial charge in [-0.3, -0.25) is 4.98 Å². The third kappa shape index (κ3) is 3.21. The number of hydrogen-bond acceptors (Lipinski definition) is 2. The molecule has 2 nitrogen and oxygen atoms in total. The van der Waals surface area contributed by atoms with E-state index in [0.29, 0.717) is 0 Å². The lowest BCUT2D eigenvalue weighted by Crippen LogP contribution is -2.18. The zero-order chi connectivity index (χ0) is 13.1. The van der Waals surface area contributed by atoms with Crippen LogP contribution in [0.4, 0.5) is 0 Å². The molecule has 1 heterocycles.